The number of carbonyl (C=O) groups excluding carboxylic acids is 3. The van der Waals surface area contributed by atoms with Gasteiger partial charge in [-0.2, -0.15) is 0 Å². The highest BCUT2D eigenvalue weighted by Gasteiger charge is 2.56. The van der Waals surface area contributed by atoms with E-state index >= 15 is 0 Å². The van der Waals surface area contributed by atoms with Gasteiger partial charge in [0, 0.05) is 31.4 Å². The highest BCUT2D eigenvalue weighted by Crippen LogP contribution is 2.59. The lowest BCUT2D eigenvalue weighted by Crippen LogP contribution is -2.54. The maximum Gasteiger partial charge on any atom is 0.338 e. The second-order valence-corrected chi connectivity index (χ2v) is 18.3. The predicted molar refractivity (Wildman–Crippen MR) is 218 cm³/mol. The van der Waals surface area contributed by atoms with Gasteiger partial charge in [0.1, 0.15) is 24.4 Å². The Hall–Kier alpha value is -3.09. The highest BCUT2D eigenvalue weighted by molar-refractivity contribution is 5.97. The molecule has 2 aliphatic heterocycles. The molecule has 0 radical (unpaired) electrons. The minimum Gasteiger partial charge on any atom is -0.456 e. The van der Waals surface area contributed by atoms with E-state index in [0.29, 0.717) is 41.8 Å². The number of rotatable bonds is 17. The summed E-state index contributed by atoms with van der Waals surface area (Å²) in [5, 5.41) is 24.8. The van der Waals surface area contributed by atoms with Gasteiger partial charge in [0.15, 0.2) is 5.79 Å². The first kappa shape index (κ1) is 43.5. The first-order chi connectivity index (χ1) is 27.2. The first-order valence-electron chi connectivity index (χ1n) is 21.8. The van der Waals surface area contributed by atoms with Gasteiger partial charge >= 0.3 is 5.97 Å². The fourth-order valence-corrected chi connectivity index (χ4v) is 9.91. The second kappa shape index (κ2) is 18.4. The molecule has 6 rings (SSSR count). The molecule has 57 heavy (non-hydrogen) atoms. The van der Waals surface area contributed by atoms with E-state index in [9.17, 15) is 24.6 Å². The summed E-state index contributed by atoms with van der Waals surface area (Å²) < 4.78 is 26.1. The number of aliphatic hydroxyl groups is 2. The SMILES string of the molecule is CCCCCC1(CCCCC)OC2C=C(C(=O)NC(C(=O)NCCO)C(C)O)CC(OC(=O)c3cccc(C=C4CCC5OC5(C)CCC5C4CC5(C)C)c3)C2O1. The van der Waals surface area contributed by atoms with E-state index in [2.05, 4.69) is 51.3 Å². The Morgan fingerprint density at radius 3 is 2.42 bits per heavy atom. The largest absolute Gasteiger partial charge is 0.456 e. The molecule has 11 nitrogen and oxygen atoms in total. The van der Waals surface area contributed by atoms with Crippen LogP contribution in [0.3, 0.4) is 0 Å². The van der Waals surface area contributed by atoms with Crippen LogP contribution in [0.2, 0.25) is 0 Å². The molecule has 5 aliphatic rings. The molecule has 316 valence electrons. The molecule has 11 heteroatoms. The van der Waals surface area contributed by atoms with Crippen molar-refractivity contribution in [2.75, 3.05) is 13.2 Å². The Balaban J connectivity index is 1.24. The number of ether oxygens (including phenoxy) is 4. The summed E-state index contributed by atoms with van der Waals surface area (Å²) >= 11 is 0. The van der Waals surface area contributed by atoms with Crippen molar-refractivity contribution in [2.24, 2.45) is 17.3 Å². The summed E-state index contributed by atoms with van der Waals surface area (Å²) in [7, 11) is 0. The topological polar surface area (TPSA) is 156 Å². The van der Waals surface area contributed by atoms with Gasteiger partial charge in [-0.3, -0.25) is 9.59 Å². The molecule has 9 unspecified atom stereocenters. The molecular formula is C46H68N2O9. The van der Waals surface area contributed by atoms with Crippen LogP contribution in [0.25, 0.3) is 6.08 Å². The molecular weight excluding hydrogens is 725 g/mol. The number of carbonyl (C=O) groups is 3. The number of hydrogen-bond acceptors (Lipinski definition) is 9. The van der Waals surface area contributed by atoms with Crippen LogP contribution < -0.4 is 10.6 Å². The summed E-state index contributed by atoms with van der Waals surface area (Å²) in [6, 6.07) is 6.34. The molecule has 4 fully saturated rings. The number of nitrogens with one attached hydrogen (secondary N) is 2. The monoisotopic (exact) mass is 792 g/mol. The molecule has 1 aromatic carbocycles. The van der Waals surface area contributed by atoms with Crippen molar-refractivity contribution in [3.8, 4) is 0 Å². The second-order valence-electron chi connectivity index (χ2n) is 18.3. The van der Waals surface area contributed by atoms with Crippen LogP contribution in [0.4, 0.5) is 0 Å². The Labute approximate surface area is 339 Å². The molecule has 0 aromatic heterocycles. The molecule has 0 bridgehead atoms. The Kier molecular flexibility index (Phi) is 14.1. The number of fused-ring (bicyclic) bond motifs is 3. The van der Waals surface area contributed by atoms with Crippen molar-refractivity contribution in [3.05, 3.63) is 52.6 Å². The lowest BCUT2D eigenvalue weighted by molar-refractivity contribution is -0.190. The zero-order chi connectivity index (χ0) is 41.0. The molecule has 9 atom stereocenters. The Bertz CT molecular complexity index is 1640. The molecule has 4 N–H and O–H groups in total. The van der Waals surface area contributed by atoms with E-state index in [1.807, 2.05) is 18.2 Å². The van der Waals surface area contributed by atoms with Gasteiger partial charge in [-0.25, -0.2) is 4.79 Å². The van der Waals surface area contributed by atoms with Gasteiger partial charge in [0.05, 0.1) is 30.0 Å². The smallest absolute Gasteiger partial charge is 0.338 e. The lowest BCUT2D eigenvalue weighted by atomic mass is 9.52. The van der Waals surface area contributed by atoms with Gasteiger partial charge in [-0.1, -0.05) is 77.2 Å². The van der Waals surface area contributed by atoms with Gasteiger partial charge in [-0.05, 0) is 99.8 Å². The molecule has 1 aromatic rings. The van der Waals surface area contributed by atoms with Crippen molar-refractivity contribution < 1.29 is 43.5 Å². The van der Waals surface area contributed by atoms with Crippen LogP contribution in [0.1, 0.15) is 147 Å². The third kappa shape index (κ3) is 10.2. The van der Waals surface area contributed by atoms with Gasteiger partial charge < -0.3 is 39.8 Å². The molecule has 2 saturated heterocycles. The number of allylic oxidation sites excluding steroid dienone is 1. The van der Waals surface area contributed by atoms with Gasteiger partial charge in [0.2, 0.25) is 11.8 Å². The van der Waals surface area contributed by atoms with Crippen molar-refractivity contribution in [1.29, 1.82) is 0 Å². The Morgan fingerprint density at radius 2 is 1.75 bits per heavy atom. The molecule has 0 spiro atoms. The van der Waals surface area contributed by atoms with Crippen molar-refractivity contribution in [2.45, 2.75) is 179 Å². The minimum absolute atomic E-state index is 0.00977. The summed E-state index contributed by atoms with van der Waals surface area (Å²) in [5.74, 6) is -1.45. The quantitative estimate of drug-likeness (QED) is 0.0747. The van der Waals surface area contributed by atoms with Crippen LogP contribution in [0, 0.1) is 17.3 Å². The lowest BCUT2D eigenvalue weighted by Gasteiger charge is -2.53. The summed E-state index contributed by atoms with van der Waals surface area (Å²) in [5.41, 5.74) is 3.39. The molecule has 2 heterocycles. The zero-order valence-corrected chi connectivity index (χ0v) is 35.1. The Morgan fingerprint density at radius 1 is 1.02 bits per heavy atom. The summed E-state index contributed by atoms with van der Waals surface area (Å²) in [4.78, 5) is 40.8. The minimum atomic E-state index is -1.26. The van der Waals surface area contributed by atoms with Crippen LogP contribution in [0.15, 0.2) is 41.5 Å². The van der Waals surface area contributed by atoms with Crippen LogP contribution >= 0.6 is 0 Å². The number of benzene rings is 1. The average Bonchev–Trinajstić information content (AvgIpc) is 3.65. The third-order valence-electron chi connectivity index (χ3n) is 13.4. The van der Waals surface area contributed by atoms with Crippen molar-refractivity contribution >= 4 is 23.9 Å². The molecule has 3 aliphatic carbocycles. The summed E-state index contributed by atoms with van der Waals surface area (Å²) in [6.07, 6.45) is 13.8. The fraction of sp³-hybridized carbons (Fsp3) is 0.717. The number of hydrogen-bond donors (Lipinski definition) is 4. The zero-order valence-electron chi connectivity index (χ0n) is 35.1. The number of esters is 1. The van der Waals surface area contributed by atoms with Crippen molar-refractivity contribution in [1.82, 2.24) is 10.6 Å². The van der Waals surface area contributed by atoms with E-state index in [-0.39, 0.29) is 30.7 Å². The number of amides is 2. The van der Waals surface area contributed by atoms with Crippen LogP contribution in [-0.2, 0) is 28.5 Å². The van der Waals surface area contributed by atoms with E-state index in [1.165, 1.54) is 12.5 Å². The maximum absolute atomic E-state index is 14.1. The van der Waals surface area contributed by atoms with Crippen molar-refractivity contribution in [3.63, 3.8) is 0 Å². The van der Waals surface area contributed by atoms with E-state index in [4.69, 9.17) is 18.9 Å². The van der Waals surface area contributed by atoms with Gasteiger partial charge in [-0.15, -0.1) is 0 Å². The van der Waals surface area contributed by atoms with Gasteiger partial charge in [0.25, 0.3) is 0 Å². The van der Waals surface area contributed by atoms with E-state index in [0.717, 1.165) is 76.2 Å². The predicted octanol–water partition coefficient (Wildman–Crippen LogP) is 6.93. The standard InChI is InChI=1S/C46H68N2O9/c1-7-9-11-19-46(20-12-10-8-2)55-37-27-33(41(51)48-39(29(3)50)42(52)47-22-23-49)26-36(40(37)57-46)54-43(53)32-15-13-14-30(25-32)24-31-16-17-38-45(6,56-38)21-18-35-34(31)28-44(35,4)5/h13-15,24-25,27,29,34-40,49-50H,7-12,16-23,26,28H2,1-6H3,(H,47,52)(H,48,51). The number of unbranched alkanes of at least 4 members (excludes halogenated alkanes) is 4. The molecule has 2 saturated carbocycles. The van der Waals surface area contributed by atoms with Crippen LogP contribution in [-0.4, -0.2) is 89.1 Å². The summed E-state index contributed by atoms with van der Waals surface area (Å²) in [6.45, 7) is 12.5. The van der Waals surface area contributed by atoms with E-state index in [1.54, 1.807) is 12.1 Å². The first-order valence-corrected chi connectivity index (χ1v) is 21.8. The fourth-order valence-electron chi connectivity index (χ4n) is 9.91. The average molecular weight is 793 g/mol. The van der Waals surface area contributed by atoms with Crippen LogP contribution in [0.5, 0.6) is 0 Å². The maximum atomic E-state index is 14.1. The molecule has 2 amide bonds. The third-order valence-corrected chi connectivity index (χ3v) is 13.4. The van der Waals surface area contributed by atoms with E-state index < -0.39 is 54.0 Å². The number of epoxide rings is 1. The normalized spacial score (nSPS) is 31.4. The highest BCUT2D eigenvalue weighted by atomic mass is 16.8. The number of aliphatic hydroxyl groups excluding tert-OH is 2.